The first kappa shape index (κ1) is 24.9. The highest BCUT2D eigenvalue weighted by Gasteiger charge is 2.31. The second kappa shape index (κ2) is 10.0. The number of hydrogen-bond donors (Lipinski definition) is 2. The van der Waals surface area contributed by atoms with E-state index in [1.54, 1.807) is 30.3 Å². The Morgan fingerprint density at radius 3 is 2.24 bits per heavy atom. The summed E-state index contributed by atoms with van der Waals surface area (Å²) in [7, 11) is 0. The van der Waals surface area contributed by atoms with Crippen LogP contribution in [0.25, 0.3) is 22.8 Å². The molecule has 10 nitrogen and oxygen atoms in total. The Balaban J connectivity index is 0.00000306. The van der Waals surface area contributed by atoms with E-state index < -0.39 is 21.2 Å². The Bertz CT molecular complexity index is 1380. The number of hydrogen-bond acceptors (Lipinski definition) is 8. The van der Waals surface area contributed by atoms with Gasteiger partial charge in [-0.2, -0.15) is 0 Å². The number of benzene rings is 3. The summed E-state index contributed by atoms with van der Waals surface area (Å²) in [6.07, 6.45) is 0. The number of thiol groups is 2. The van der Waals surface area contributed by atoms with Crippen LogP contribution in [0.5, 0.6) is 0 Å². The van der Waals surface area contributed by atoms with Gasteiger partial charge in [0.05, 0.1) is 26.6 Å². The number of nitro groups is 2. The number of aromatic nitrogens is 4. The molecule has 168 valence electrons. The highest BCUT2D eigenvalue weighted by Crippen LogP contribution is 2.28. The van der Waals surface area contributed by atoms with Crippen LogP contribution in [0, 0.1) is 23.8 Å². The average molecular weight is 615 g/mol. The molecule has 0 aliphatic carbocycles. The van der Waals surface area contributed by atoms with Gasteiger partial charge in [0.25, 0.3) is 11.4 Å². The van der Waals surface area contributed by atoms with E-state index in [0.717, 1.165) is 9.64 Å². The highest BCUT2D eigenvalue weighted by molar-refractivity contribution is 14.1. The smallest absolute Gasteiger partial charge is 0.341 e. The molecule has 0 unspecified atom stereocenters. The molecule has 0 N–H and O–H groups in total. The SMILES string of the molecule is O=[N+]([O-])c1ccc(-[n+]2nc(-c3ccc(S)cc3S)nn2-c2ccc(I)cc2)c([N+](=O)[O-])c1.[Cl-]. The molecule has 0 aliphatic rings. The Morgan fingerprint density at radius 2 is 1.64 bits per heavy atom. The minimum absolute atomic E-state index is 0. The predicted octanol–water partition coefficient (Wildman–Crippen LogP) is 1.21. The van der Waals surface area contributed by atoms with Crippen LogP contribution in [0.15, 0.2) is 70.5 Å². The van der Waals surface area contributed by atoms with E-state index >= 15 is 0 Å². The van der Waals surface area contributed by atoms with Gasteiger partial charge in [0.15, 0.2) is 0 Å². The third kappa shape index (κ3) is 5.10. The first-order valence-electron chi connectivity index (χ1n) is 8.86. The van der Waals surface area contributed by atoms with Crippen molar-refractivity contribution in [3.8, 4) is 22.8 Å². The van der Waals surface area contributed by atoms with Gasteiger partial charge < -0.3 is 12.4 Å². The van der Waals surface area contributed by atoms with E-state index in [1.165, 1.54) is 21.7 Å². The monoisotopic (exact) mass is 614 g/mol. The number of tetrazole rings is 1. The minimum atomic E-state index is -0.693. The van der Waals surface area contributed by atoms with Crippen LogP contribution in [-0.4, -0.2) is 24.8 Å². The van der Waals surface area contributed by atoms with E-state index in [-0.39, 0.29) is 23.9 Å². The van der Waals surface area contributed by atoms with Crippen molar-refractivity contribution in [3.63, 3.8) is 0 Å². The highest BCUT2D eigenvalue weighted by atomic mass is 127. The van der Waals surface area contributed by atoms with Gasteiger partial charge >= 0.3 is 11.5 Å². The molecule has 0 fully saturated rings. The molecule has 33 heavy (non-hydrogen) atoms. The molecule has 4 rings (SSSR count). The Labute approximate surface area is 217 Å². The maximum atomic E-state index is 11.7. The van der Waals surface area contributed by atoms with Crippen molar-refractivity contribution in [2.24, 2.45) is 0 Å². The van der Waals surface area contributed by atoms with Crippen molar-refractivity contribution in [2.75, 3.05) is 0 Å². The zero-order valence-corrected chi connectivity index (χ0v) is 20.9. The van der Waals surface area contributed by atoms with Crippen molar-refractivity contribution in [3.05, 3.63) is 84.5 Å². The van der Waals surface area contributed by atoms with Gasteiger partial charge in [-0.15, -0.1) is 25.3 Å². The van der Waals surface area contributed by atoms with Crippen molar-refractivity contribution >= 4 is 59.2 Å². The fraction of sp³-hybridized carbons (Fsp3) is 0. The van der Waals surface area contributed by atoms with Crippen molar-refractivity contribution in [2.45, 2.75) is 9.79 Å². The molecule has 0 saturated heterocycles. The molecule has 14 heteroatoms. The normalized spacial score (nSPS) is 10.5. The molecule has 0 radical (unpaired) electrons. The molecule has 4 aromatic rings. The van der Waals surface area contributed by atoms with Crippen LogP contribution in [0.4, 0.5) is 11.4 Å². The summed E-state index contributed by atoms with van der Waals surface area (Å²) < 4.78 is 0.988. The number of halogens is 2. The maximum absolute atomic E-state index is 11.7. The van der Waals surface area contributed by atoms with Gasteiger partial charge in [0.2, 0.25) is 0 Å². The summed E-state index contributed by atoms with van der Waals surface area (Å²) in [5, 5.41) is 31.9. The zero-order chi connectivity index (χ0) is 23.0. The standard InChI is InChI=1S/C19H11IN6O4S2.ClH/c20-11-1-3-12(4-2-11)23-21-19(15-7-6-14(31)10-18(15)32)22-24(23)16-8-5-13(25(27)28)9-17(16)26(29)30;/h1-10H,(H-,21,22,31,32);1H. The molecule has 0 saturated carbocycles. The summed E-state index contributed by atoms with van der Waals surface area (Å²) >= 11 is 10.9. The van der Waals surface area contributed by atoms with Crippen LogP contribution < -0.4 is 17.2 Å². The minimum Gasteiger partial charge on any atom is -1.00 e. The fourth-order valence-corrected chi connectivity index (χ4v) is 3.92. The lowest BCUT2D eigenvalue weighted by Gasteiger charge is -2.01. The molecule has 1 heterocycles. The van der Waals surface area contributed by atoms with Crippen LogP contribution >= 0.6 is 47.8 Å². The largest absolute Gasteiger partial charge is 1.00 e. The molecular formula is C19H12ClIN6O4S2. The predicted molar refractivity (Wildman–Crippen MR) is 129 cm³/mol. The zero-order valence-electron chi connectivity index (χ0n) is 16.2. The Hall–Kier alpha value is -2.75. The summed E-state index contributed by atoms with van der Waals surface area (Å²) in [6.45, 7) is 0. The average Bonchev–Trinajstić information content (AvgIpc) is 3.18. The summed E-state index contributed by atoms with van der Waals surface area (Å²) in [4.78, 5) is 25.4. The van der Waals surface area contributed by atoms with Gasteiger partial charge in [0.1, 0.15) is 5.69 Å². The quantitative estimate of drug-likeness (QED) is 0.115. The summed E-state index contributed by atoms with van der Waals surface area (Å²) in [5.74, 6) is 0.259. The molecule has 0 bridgehead atoms. The number of nitrogens with zero attached hydrogens (tertiary/aromatic N) is 6. The number of rotatable bonds is 5. The van der Waals surface area contributed by atoms with Crippen LogP contribution in [-0.2, 0) is 0 Å². The van der Waals surface area contributed by atoms with E-state index in [9.17, 15) is 20.2 Å². The van der Waals surface area contributed by atoms with Gasteiger partial charge in [-0.1, -0.05) is 0 Å². The lowest BCUT2D eigenvalue weighted by Crippen LogP contribution is -3.00. The van der Waals surface area contributed by atoms with Crippen LogP contribution in [0.1, 0.15) is 0 Å². The first-order valence-corrected chi connectivity index (χ1v) is 10.8. The van der Waals surface area contributed by atoms with Crippen molar-refractivity contribution in [1.29, 1.82) is 0 Å². The van der Waals surface area contributed by atoms with E-state index in [1.807, 2.05) is 12.1 Å². The summed E-state index contributed by atoms with van der Waals surface area (Å²) in [5.41, 5.74) is 0.316. The Morgan fingerprint density at radius 1 is 0.939 bits per heavy atom. The van der Waals surface area contributed by atoms with E-state index in [2.05, 4.69) is 58.0 Å². The number of non-ortho nitro benzene ring substituents is 1. The molecule has 0 amide bonds. The molecule has 0 aliphatic heterocycles. The fourth-order valence-electron chi connectivity index (χ4n) is 2.94. The van der Waals surface area contributed by atoms with Crippen molar-refractivity contribution in [1.82, 2.24) is 15.0 Å². The third-order valence-electron chi connectivity index (χ3n) is 4.42. The van der Waals surface area contributed by atoms with Crippen LogP contribution in [0.2, 0.25) is 0 Å². The van der Waals surface area contributed by atoms with Crippen molar-refractivity contribution < 1.29 is 27.1 Å². The first-order chi connectivity index (χ1) is 15.2. The molecule has 1 aromatic heterocycles. The molecule has 0 spiro atoms. The lowest BCUT2D eigenvalue weighted by molar-refractivity contribution is -0.736. The maximum Gasteiger partial charge on any atom is 0.341 e. The van der Waals surface area contributed by atoms with Gasteiger partial charge in [-0.3, -0.25) is 20.2 Å². The molecular weight excluding hydrogens is 603 g/mol. The summed E-state index contributed by atoms with van der Waals surface area (Å²) in [6, 6.07) is 15.9. The lowest BCUT2D eigenvalue weighted by atomic mass is 10.2. The van der Waals surface area contributed by atoms with E-state index in [0.29, 0.717) is 21.0 Å². The topological polar surface area (TPSA) is 121 Å². The van der Waals surface area contributed by atoms with Gasteiger partial charge in [-0.05, 0) is 75.0 Å². The third-order valence-corrected chi connectivity index (χ3v) is 5.79. The van der Waals surface area contributed by atoms with Crippen LogP contribution in [0.3, 0.4) is 0 Å². The second-order valence-electron chi connectivity index (χ2n) is 6.47. The number of nitro benzene ring substituents is 2. The Kier molecular flexibility index (Phi) is 7.56. The second-order valence-corrected chi connectivity index (χ2v) is 8.71. The van der Waals surface area contributed by atoms with E-state index in [4.69, 9.17) is 0 Å². The molecule has 3 aromatic carbocycles. The van der Waals surface area contributed by atoms with Gasteiger partial charge in [-0.25, -0.2) is 0 Å². The van der Waals surface area contributed by atoms with Gasteiger partial charge in [0, 0.05) is 30.3 Å². The molecule has 0 atom stereocenters.